The lowest BCUT2D eigenvalue weighted by molar-refractivity contribution is 0.237. The zero-order chi connectivity index (χ0) is 13.9. The highest BCUT2D eigenvalue weighted by atomic mass is 15.2. The average Bonchev–Trinajstić information content (AvgIpc) is 3.09. The Bertz CT molecular complexity index is 547. The maximum Gasteiger partial charge on any atom is 0.123 e. The Hall–Kier alpha value is -1.68. The Balaban J connectivity index is 1.78. The molecule has 1 saturated heterocycles. The summed E-state index contributed by atoms with van der Waals surface area (Å²) in [6, 6.07) is 5.17. The Morgan fingerprint density at radius 3 is 3.00 bits per heavy atom. The van der Waals surface area contributed by atoms with Gasteiger partial charge in [-0.25, -0.2) is 4.98 Å². The molecule has 2 aromatic rings. The van der Waals surface area contributed by atoms with Gasteiger partial charge in [-0.15, -0.1) is 0 Å². The van der Waals surface area contributed by atoms with Crippen molar-refractivity contribution >= 4 is 0 Å². The van der Waals surface area contributed by atoms with E-state index in [9.17, 15) is 0 Å². The van der Waals surface area contributed by atoms with Gasteiger partial charge in [-0.1, -0.05) is 6.07 Å². The summed E-state index contributed by atoms with van der Waals surface area (Å²) in [5.74, 6) is 1.16. The van der Waals surface area contributed by atoms with E-state index in [0.717, 1.165) is 18.9 Å². The normalized spacial score (nSPS) is 19.9. The van der Waals surface area contributed by atoms with E-state index in [4.69, 9.17) is 0 Å². The molecule has 0 saturated carbocycles. The van der Waals surface area contributed by atoms with Crippen LogP contribution in [0.2, 0.25) is 0 Å². The van der Waals surface area contributed by atoms with Crippen LogP contribution >= 0.6 is 0 Å². The monoisotopic (exact) mass is 270 g/mol. The van der Waals surface area contributed by atoms with Crippen LogP contribution in [0.3, 0.4) is 0 Å². The smallest absolute Gasteiger partial charge is 0.123 e. The molecule has 0 bridgehead atoms. The van der Waals surface area contributed by atoms with Crippen molar-refractivity contribution in [2.45, 2.75) is 45.3 Å². The molecule has 0 spiro atoms. The quantitative estimate of drug-likeness (QED) is 0.855. The van der Waals surface area contributed by atoms with Gasteiger partial charge < -0.3 is 4.57 Å². The standard InChI is InChI=1S/C16H22N4/c1-13(2)20-10-8-18-16(20)12-19-9-4-6-15(19)14-5-3-7-17-11-14/h3,5,7-8,10-11,13,15H,4,6,9,12H2,1-2H3. The molecule has 0 aliphatic carbocycles. The fourth-order valence-electron chi connectivity index (χ4n) is 3.08. The van der Waals surface area contributed by atoms with E-state index in [1.807, 2.05) is 24.7 Å². The molecule has 1 aliphatic rings. The first-order valence-electron chi connectivity index (χ1n) is 7.41. The Labute approximate surface area is 120 Å². The summed E-state index contributed by atoms with van der Waals surface area (Å²) in [7, 11) is 0. The second-order valence-electron chi connectivity index (χ2n) is 5.76. The van der Waals surface area contributed by atoms with E-state index < -0.39 is 0 Å². The van der Waals surface area contributed by atoms with Crippen molar-refractivity contribution in [1.82, 2.24) is 19.4 Å². The minimum atomic E-state index is 0.465. The van der Waals surface area contributed by atoms with Crippen molar-refractivity contribution < 1.29 is 0 Å². The van der Waals surface area contributed by atoms with Gasteiger partial charge >= 0.3 is 0 Å². The van der Waals surface area contributed by atoms with E-state index in [1.165, 1.54) is 18.4 Å². The summed E-state index contributed by atoms with van der Waals surface area (Å²) >= 11 is 0. The molecule has 2 aromatic heterocycles. The van der Waals surface area contributed by atoms with Crippen LogP contribution in [0, 0.1) is 0 Å². The van der Waals surface area contributed by atoms with Crippen LogP contribution in [0.4, 0.5) is 0 Å². The van der Waals surface area contributed by atoms with Crippen molar-refractivity contribution in [2.75, 3.05) is 6.54 Å². The number of rotatable bonds is 4. The third kappa shape index (κ3) is 2.61. The first-order valence-corrected chi connectivity index (χ1v) is 7.41. The SMILES string of the molecule is CC(C)n1ccnc1CN1CCCC1c1cccnc1. The lowest BCUT2D eigenvalue weighted by atomic mass is 10.1. The number of hydrogen-bond acceptors (Lipinski definition) is 3. The average molecular weight is 270 g/mol. The van der Waals surface area contributed by atoms with Gasteiger partial charge in [-0.05, 0) is 44.9 Å². The summed E-state index contributed by atoms with van der Waals surface area (Å²) in [5.41, 5.74) is 1.33. The van der Waals surface area contributed by atoms with E-state index in [1.54, 1.807) is 0 Å². The minimum Gasteiger partial charge on any atom is -0.331 e. The van der Waals surface area contributed by atoms with E-state index in [0.29, 0.717) is 12.1 Å². The first-order chi connectivity index (χ1) is 9.75. The van der Waals surface area contributed by atoms with Crippen LogP contribution in [0.15, 0.2) is 36.9 Å². The van der Waals surface area contributed by atoms with Crippen molar-refractivity contribution in [3.05, 3.63) is 48.3 Å². The summed E-state index contributed by atoms with van der Waals surface area (Å²) in [6.45, 7) is 6.47. The van der Waals surface area contributed by atoms with Gasteiger partial charge in [0.2, 0.25) is 0 Å². The van der Waals surface area contributed by atoms with Gasteiger partial charge in [0.05, 0.1) is 6.54 Å². The molecule has 1 unspecified atom stereocenters. The zero-order valence-corrected chi connectivity index (χ0v) is 12.2. The number of hydrogen-bond donors (Lipinski definition) is 0. The van der Waals surface area contributed by atoms with Crippen LogP contribution in [0.1, 0.15) is 50.2 Å². The summed E-state index contributed by atoms with van der Waals surface area (Å²) in [6.07, 6.45) is 10.3. The van der Waals surface area contributed by atoms with Crippen LogP contribution in [0.5, 0.6) is 0 Å². The molecule has 1 fully saturated rings. The van der Waals surface area contributed by atoms with Crippen molar-refractivity contribution in [3.8, 4) is 0 Å². The molecule has 4 heteroatoms. The van der Waals surface area contributed by atoms with Crippen LogP contribution < -0.4 is 0 Å². The molecule has 3 heterocycles. The summed E-state index contributed by atoms with van der Waals surface area (Å²) in [4.78, 5) is 11.3. The molecule has 1 atom stereocenters. The molecule has 3 rings (SSSR count). The van der Waals surface area contributed by atoms with Gasteiger partial charge in [0.1, 0.15) is 5.82 Å². The third-order valence-corrected chi connectivity index (χ3v) is 4.08. The number of pyridine rings is 1. The molecule has 4 nitrogen and oxygen atoms in total. The van der Waals surface area contributed by atoms with Gasteiger partial charge in [-0.3, -0.25) is 9.88 Å². The molecule has 1 aliphatic heterocycles. The predicted molar refractivity (Wildman–Crippen MR) is 79.2 cm³/mol. The number of imidazole rings is 1. The fourth-order valence-corrected chi connectivity index (χ4v) is 3.08. The third-order valence-electron chi connectivity index (χ3n) is 4.08. The van der Waals surface area contributed by atoms with Crippen molar-refractivity contribution in [1.29, 1.82) is 0 Å². The molecule has 20 heavy (non-hydrogen) atoms. The van der Waals surface area contributed by atoms with E-state index in [2.05, 4.69) is 45.5 Å². The summed E-state index contributed by atoms with van der Waals surface area (Å²) < 4.78 is 2.26. The molecule has 0 aromatic carbocycles. The Kier molecular flexibility index (Phi) is 3.83. The Morgan fingerprint density at radius 1 is 1.35 bits per heavy atom. The van der Waals surface area contributed by atoms with Gasteiger partial charge in [0, 0.05) is 36.9 Å². The molecule has 0 amide bonds. The lowest BCUT2D eigenvalue weighted by Crippen LogP contribution is -2.25. The largest absolute Gasteiger partial charge is 0.331 e. The van der Waals surface area contributed by atoms with Gasteiger partial charge in [0.15, 0.2) is 0 Å². The first kappa shape index (κ1) is 13.3. The number of likely N-dealkylation sites (tertiary alicyclic amines) is 1. The maximum atomic E-state index is 4.53. The lowest BCUT2D eigenvalue weighted by Gasteiger charge is -2.25. The molecular weight excluding hydrogens is 248 g/mol. The topological polar surface area (TPSA) is 34.0 Å². The molecule has 0 N–H and O–H groups in total. The van der Waals surface area contributed by atoms with Gasteiger partial charge in [0.25, 0.3) is 0 Å². The second-order valence-corrected chi connectivity index (χ2v) is 5.76. The van der Waals surface area contributed by atoms with E-state index >= 15 is 0 Å². The maximum absolute atomic E-state index is 4.53. The minimum absolute atomic E-state index is 0.465. The second kappa shape index (κ2) is 5.75. The van der Waals surface area contributed by atoms with Crippen molar-refractivity contribution in [3.63, 3.8) is 0 Å². The van der Waals surface area contributed by atoms with Gasteiger partial charge in [-0.2, -0.15) is 0 Å². The predicted octanol–water partition coefficient (Wildman–Crippen LogP) is 3.20. The highest BCUT2D eigenvalue weighted by Gasteiger charge is 2.27. The number of aromatic nitrogens is 3. The summed E-state index contributed by atoms with van der Waals surface area (Å²) in [5, 5.41) is 0. The van der Waals surface area contributed by atoms with Crippen LogP contribution in [-0.2, 0) is 6.54 Å². The highest BCUT2D eigenvalue weighted by molar-refractivity contribution is 5.15. The number of nitrogens with zero attached hydrogens (tertiary/aromatic N) is 4. The Morgan fingerprint density at radius 2 is 2.25 bits per heavy atom. The van der Waals surface area contributed by atoms with Crippen LogP contribution in [-0.4, -0.2) is 26.0 Å². The van der Waals surface area contributed by atoms with E-state index in [-0.39, 0.29) is 0 Å². The molecular formula is C16H22N4. The van der Waals surface area contributed by atoms with Crippen molar-refractivity contribution in [2.24, 2.45) is 0 Å². The molecule has 0 radical (unpaired) electrons. The fraction of sp³-hybridized carbons (Fsp3) is 0.500. The highest BCUT2D eigenvalue weighted by Crippen LogP contribution is 2.32. The van der Waals surface area contributed by atoms with Crippen LogP contribution in [0.25, 0.3) is 0 Å². The molecule has 106 valence electrons. The zero-order valence-electron chi connectivity index (χ0n) is 12.2.